The molecule has 0 fully saturated rings. The number of nitrogens with two attached hydrogens (primary N) is 2. The van der Waals surface area contributed by atoms with E-state index in [0.29, 0.717) is 5.69 Å². The summed E-state index contributed by atoms with van der Waals surface area (Å²) >= 11 is 0. The normalized spacial score (nSPS) is 11.6. The van der Waals surface area contributed by atoms with Crippen LogP contribution in [0.4, 0.5) is 10.5 Å². The van der Waals surface area contributed by atoms with Gasteiger partial charge in [0.2, 0.25) is 0 Å². The van der Waals surface area contributed by atoms with Crippen LogP contribution in [0.1, 0.15) is 18.4 Å². The van der Waals surface area contributed by atoms with Gasteiger partial charge in [-0.25, -0.2) is 4.79 Å². The second-order valence-corrected chi connectivity index (χ2v) is 3.47. The quantitative estimate of drug-likeness (QED) is 0.530. The van der Waals surface area contributed by atoms with Crippen LogP contribution in [0, 0.1) is 0 Å². The summed E-state index contributed by atoms with van der Waals surface area (Å²) < 4.78 is 4.71. The molecule has 0 aromatic heterocycles. The van der Waals surface area contributed by atoms with Gasteiger partial charge in [-0.05, 0) is 24.6 Å². The molecule has 0 aliphatic heterocycles. The monoisotopic (exact) mass is 237 g/mol. The number of carbonyl (C=O) groups excluding carboxylic acids is 2. The molecule has 5 N–H and O–H groups in total. The predicted molar refractivity (Wildman–Crippen MR) is 63.2 cm³/mol. The van der Waals surface area contributed by atoms with Crippen molar-refractivity contribution in [2.24, 2.45) is 11.5 Å². The molecule has 0 saturated heterocycles. The molecule has 0 aliphatic rings. The molecule has 1 unspecified atom stereocenters. The highest BCUT2D eigenvalue weighted by Crippen LogP contribution is 2.20. The van der Waals surface area contributed by atoms with E-state index < -0.39 is 17.9 Å². The Morgan fingerprint density at radius 2 is 2.18 bits per heavy atom. The summed E-state index contributed by atoms with van der Waals surface area (Å²) in [6.07, 6.45) is 0. The van der Waals surface area contributed by atoms with Gasteiger partial charge < -0.3 is 15.8 Å². The fourth-order valence-corrected chi connectivity index (χ4v) is 1.37. The van der Waals surface area contributed by atoms with Crippen LogP contribution < -0.4 is 16.8 Å². The molecular formula is C11H15N3O3. The van der Waals surface area contributed by atoms with Crippen LogP contribution in [0.15, 0.2) is 24.3 Å². The van der Waals surface area contributed by atoms with Crippen molar-refractivity contribution in [3.05, 3.63) is 29.8 Å². The molecule has 1 aromatic rings. The minimum Gasteiger partial charge on any atom is -0.450 e. The Labute approximate surface area is 98.9 Å². The number of hydrogen-bond donors (Lipinski definition) is 3. The second kappa shape index (κ2) is 5.86. The lowest BCUT2D eigenvalue weighted by atomic mass is 10.0. The number of anilines is 1. The van der Waals surface area contributed by atoms with Gasteiger partial charge in [-0.1, -0.05) is 12.1 Å². The van der Waals surface area contributed by atoms with Gasteiger partial charge in [0, 0.05) is 5.69 Å². The molecule has 0 saturated carbocycles. The first kappa shape index (κ1) is 13.0. The second-order valence-electron chi connectivity index (χ2n) is 3.47. The Hall–Kier alpha value is -2.08. The first-order chi connectivity index (χ1) is 8.04. The number of primary amides is 1. The van der Waals surface area contributed by atoms with Crippen molar-refractivity contribution in [1.29, 1.82) is 0 Å². The molecule has 0 aliphatic carbocycles. The highest BCUT2D eigenvalue weighted by Gasteiger charge is 2.16. The Bertz CT molecular complexity index is 420. The lowest BCUT2D eigenvalue weighted by Gasteiger charge is -2.11. The minimum atomic E-state index is -0.653. The fraction of sp³-hybridized carbons (Fsp3) is 0.273. The van der Waals surface area contributed by atoms with Crippen molar-refractivity contribution in [2.45, 2.75) is 12.8 Å². The van der Waals surface area contributed by atoms with Crippen LogP contribution in [0.25, 0.3) is 0 Å². The molecule has 0 heterocycles. The minimum absolute atomic E-state index is 0.150. The van der Waals surface area contributed by atoms with E-state index in [0.717, 1.165) is 5.56 Å². The molecule has 2 amide bonds. The van der Waals surface area contributed by atoms with E-state index in [2.05, 4.69) is 5.32 Å². The molecular weight excluding hydrogens is 222 g/mol. The van der Waals surface area contributed by atoms with E-state index in [1.165, 1.54) is 0 Å². The van der Waals surface area contributed by atoms with Gasteiger partial charge in [0.15, 0.2) is 0 Å². The van der Waals surface area contributed by atoms with E-state index in [1.807, 2.05) is 0 Å². The number of amides is 2. The SMILES string of the molecule is CC(C(=O)OCN)c1cccc(NC(N)=O)c1. The van der Waals surface area contributed by atoms with Crippen LogP contribution in [-0.4, -0.2) is 18.7 Å². The number of urea groups is 1. The highest BCUT2D eigenvalue weighted by atomic mass is 16.5. The Morgan fingerprint density at radius 1 is 1.47 bits per heavy atom. The van der Waals surface area contributed by atoms with Crippen molar-refractivity contribution in [3.63, 3.8) is 0 Å². The van der Waals surface area contributed by atoms with Crippen LogP contribution in [0.3, 0.4) is 0 Å². The molecule has 92 valence electrons. The number of ether oxygens (including phenoxy) is 1. The summed E-state index contributed by atoms with van der Waals surface area (Å²) in [6.45, 7) is 1.55. The van der Waals surface area contributed by atoms with E-state index in [4.69, 9.17) is 16.2 Å². The zero-order valence-corrected chi connectivity index (χ0v) is 9.47. The number of hydrogen-bond acceptors (Lipinski definition) is 4. The Morgan fingerprint density at radius 3 is 2.76 bits per heavy atom. The van der Waals surface area contributed by atoms with Gasteiger partial charge in [-0.3, -0.25) is 10.5 Å². The van der Waals surface area contributed by atoms with Crippen LogP contribution in [0.2, 0.25) is 0 Å². The summed E-state index contributed by atoms with van der Waals surface area (Å²) in [7, 11) is 0. The third-order valence-electron chi connectivity index (χ3n) is 2.23. The first-order valence-corrected chi connectivity index (χ1v) is 5.07. The smallest absolute Gasteiger partial charge is 0.316 e. The molecule has 1 aromatic carbocycles. The molecule has 0 radical (unpaired) electrons. The first-order valence-electron chi connectivity index (χ1n) is 5.07. The molecule has 17 heavy (non-hydrogen) atoms. The van der Waals surface area contributed by atoms with Crippen molar-refractivity contribution in [2.75, 3.05) is 12.0 Å². The molecule has 1 rings (SSSR count). The maximum absolute atomic E-state index is 11.5. The van der Waals surface area contributed by atoms with Crippen LogP contribution in [-0.2, 0) is 9.53 Å². The molecule has 0 bridgehead atoms. The predicted octanol–water partition coefficient (Wildman–Crippen LogP) is 0.740. The van der Waals surface area contributed by atoms with Gasteiger partial charge in [-0.15, -0.1) is 0 Å². The lowest BCUT2D eigenvalue weighted by Crippen LogP contribution is -2.20. The number of carbonyl (C=O) groups is 2. The van der Waals surface area contributed by atoms with Crippen molar-refractivity contribution < 1.29 is 14.3 Å². The van der Waals surface area contributed by atoms with Crippen molar-refractivity contribution >= 4 is 17.7 Å². The molecule has 0 spiro atoms. The fourth-order valence-electron chi connectivity index (χ4n) is 1.37. The topological polar surface area (TPSA) is 107 Å². The van der Waals surface area contributed by atoms with Gasteiger partial charge in [0.25, 0.3) is 0 Å². The van der Waals surface area contributed by atoms with E-state index >= 15 is 0 Å². The summed E-state index contributed by atoms with van der Waals surface area (Å²) in [5, 5.41) is 2.43. The lowest BCUT2D eigenvalue weighted by molar-refractivity contribution is -0.144. The number of nitrogens with one attached hydrogen (secondary N) is 1. The van der Waals surface area contributed by atoms with Crippen molar-refractivity contribution in [1.82, 2.24) is 0 Å². The van der Waals surface area contributed by atoms with Gasteiger partial charge in [0.1, 0.15) is 6.73 Å². The van der Waals surface area contributed by atoms with E-state index in [-0.39, 0.29) is 6.73 Å². The summed E-state index contributed by atoms with van der Waals surface area (Å²) in [6, 6.07) is 6.16. The Kier molecular flexibility index (Phi) is 4.47. The van der Waals surface area contributed by atoms with E-state index in [9.17, 15) is 9.59 Å². The van der Waals surface area contributed by atoms with Gasteiger partial charge >= 0.3 is 12.0 Å². The van der Waals surface area contributed by atoms with E-state index in [1.54, 1.807) is 31.2 Å². The molecule has 1 atom stereocenters. The van der Waals surface area contributed by atoms with Crippen LogP contribution >= 0.6 is 0 Å². The number of esters is 1. The largest absolute Gasteiger partial charge is 0.450 e. The number of rotatable bonds is 4. The standard InChI is InChI=1S/C11H15N3O3/c1-7(10(15)17-6-12)8-3-2-4-9(5-8)14-11(13)16/h2-5,7H,6,12H2,1H3,(H3,13,14,16). The Balaban J connectivity index is 2.83. The maximum atomic E-state index is 11.5. The average molecular weight is 237 g/mol. The van der Waals surface area contributed by atoms with Gasteiger partial charge in [0.05, 0.1) is 5.92 Å². The molecule has 6 heteroatoms. The number of benzene rings is 1. The molecule has 6 nitrogen and oxygen atoms in total. The average Bonchev–Trinajstić information content (AvgIpc) is 2.28. The zero-order chi connectivity index (χ0) is 12.8. The summed E-state index contributed by atoms with van der Waals surface area (Å²) in [5.74, 6) is -0.864. The highest BCUT2D eigenvalue weighted by molar-refractivity contribution is 5.88. The third kappa shape index (κ3) is 3.76. The zero-order valence-electron chi connectivity index (χ0n) is 9.47. The summed E-state index contributed by atoms with van der Waals surface area (Å²) in [5.41, 5.74) is 11.4. The summed E-state index contributed by atoms with van der Waals surface area (Å²) in [4.78, 5) is 22.2. The van der Waals surface area contributed by atoms with Crippen LogP contribution in [0.5, 0.6) is 0 Å². The maximum Gasteiger partial charge on any atom is 0.316 e. The van der Waals surface area contributed by atoms with Gasteiger partial charge in [-0.2, -0.15) is 0 Å². The van der Waals surface area contributed by atoms with Crippen molar-refractivity contribution in [3.8, 4) is 0 Å². The third-order valence-corrected chi connectivity index (χ3v) is 2.23.